The molecule has 0 saturated carbocycles. The molecule has 0 fully saturated rings. The summed E-state index contributed by atoms with van der Waals surface area (Å²) in [5.41, 5.74) is 0.604. The van der Waals surface area contributed by atoms with E-state index in [9.17, 15) is 10.1 Å². The number of hydrogen-bond acceptors (Lipinski definition) is 5. The first-order valence-corrected chi connectivity index (χ1v) is 8.28. The molecule has 1 aromatic carbocycles. The molecule has 0 spiro atoms. The average Bonchev–Trinajstić information content (AvgIpc) is 3.06. The van der Waals surface area contributed by atoms with Crippen molar-refractivity contribution in [2.45, 2.75) is 5.92 Å². The average molecular weight is 429 g/mol. The molecule has 0 bridgehead atoms. The van der Waals surface area contributed by atoms with Crippen LogP contribution in [0, 0.1) is 11.3 Å². The first-order chi connectivity index (χ1) is 10.1. The van der Waals surface area contributed by atoms with Gasteiger partial charge >= 0.3 is 0 Å². The zero-order valence-electron chi connectivity index (χ0n) is 10.4. The largest absolute Gasteiger partial charge is 0.454 e. The maximum absolute atomic E-state index is 12.5. The smallest absolute Gasteiger partial charge is 0.231 e. The highest BCUT2D eigenvalue weighted by molar-refractivity contribution is 9.13. The molecule has 0 radical (unpaired) electrons. The second-order valence-corrected chi connectivity index (χ2v) is 7.50. The Labute approximate surface area is 141 Å². The van der Waals surface area contributed by atoms with Crippen LogP contribution in [0.15, 0.2) is 32.5 Å². The number of rotatable bonds is 3. The fourth-order valence-electron chi connectivity index (χ4n) is 1.99. The van der Waals surface area contributed by atoms with E-state index in [-0.39, 0.29) is 12.6 Å². The summed E-state index contributed by atoms with van der Waals surface area (Å²) < 4.78 is 12.1. The van der Waals surface area contributed by atoms with Gasteiger partial charge in [0.2, 0.25) is 6.79 Å². The van der Waals surface area contributed by atoms with Crippen molar-refractivity contribution in [3.63, 3.8) is 0 Å². The minimum absolute atomic E-state index is 0.161. The number of carbonyl (C=O) groups is 1. The summed E-state index contributed by atoms with van der Waals surface area (Å²) in [4.78, 5) is 13.0. The molecule has 0 N–H and O–H groups in total. The van der Waals surface area contributed by atoms with Gasteiger partial charge in [0.1, 0.15) is 5.92 Å². The first kappa shape index (κ1) is 14.6. The topological polar surface area (TPSA) is 59.3 Å². The molecule has 1 aliphatic heterocycles. The molecule has 2 aromatic rings. The standard InChI is InChI=1S/C14H7Br2NO3S/c15-9-4-12(21-14(9)16)13(18)8(5-17)7-1-2-10-11(3-7)20-6-19-10/h1-4,8H,6H2. The molecule has 21 heavy (non-hydrogen) atoms. The molecule has 1 aromatic heterocycles. The molecule has 2 heterocycles. The summed E-state index contributed by atoms with van der Waals surface area (Å²) >= 11 is 8.00. The Bertz CT molecular complexity index is 747. The van der Waals surface area contributed by atoms with Crippen LogP contribution in [-0.4, -0.2) is 12.6 Å². The van der Waals surface area contributed by atoms with E-state index in [1.807, 2.05) is 0 Å². The Morgan fingerprint density at radius 1 is 1.29 bits per heavy atom. The summed E-state index contributed by atoms with van der Waals surface area (Å²) in [6.07, 6.45) is 0. The second kappa shape index (κ2) is 5.79. The number of nitrogens with zero attached hydrogens (tertiary/aromatic N) is 1. The number of ketones is 1. The van der Waals surface area contributed by atoms with Gasteiger partial charge in [-0.15, -0.1) is 11.3 Å². The number of carbonyl (C=O) groups excluding carboxylic acids is 1. The van der Waals surface area contributed by atoms with Crippen molar-refractivity contribution in [3.8, 4) is 17.6 Å². The van der Waals surface area contributed by atoms with Gasteiger partial charge in [-0.05, 0) is 55.6 Å². The van der Waals surface area contributed by atoms with Gasteiger partial charge in [-0.3, -0.25) is 4.79 Å². The Kier molecular flexibility index (Phi) is 4.02. The number of fused-ring (bicyclic) bond motifs is 1. The summed E-state index contributed by atoms with van der Waals surface area (Å²) in [5, 5.41) is 9.37. The minimum Gasteiger partial charge on any atom is -0.454 e. The van der Waals surface area contributed by atoms with Gasteiger partial charge in [-0.2, -0.15) is 5.26 Å². The summed E-state index contributed by atoms with van der Waals surface area (Å²) in [6.45, 7) is 0.161. The number of benzene rings is 1. The predicted molar refractivity (Wildman–Crippen MR) is 85.0 cm³/mol. The van der Waals surface area contributed by atoms with Gasteiger partial charge in [-0.25, -0.2) is 0 Å². The van der Waals surface area contributed by atoms with Crippen molar-refractivity contribution < 1.29 is 14.3 Å². The molecular formula is C14H7Br2NO3S. The minimum atomic E-state index is -0.864. The van der Waals surface area contributed by atoms with Gasteiger partial charge < -0.3 is 9.47 Å². The Balaban J connectivity index is 1.95. The van der Waals surface area contributed by atoms with Crippen LogP contribution in [0.3, 0.4) is 0 Å². The van der Waals surface area contributed by atoms with Crippen molar-refractivity contribution in [1.29, 1.82) is 5.26 Å². The fraction of sp³-hybridized carbons (Fsp3) is 0.143. The quantitative estimate of drug-likeness (QED) is 0.675. The number of halogens is 2. The summed E-state index contributed by atoms with van der Waals surface area (Å²) in [5.74, 6) is 0.100. The Morgan fingerprint density at radius 2 is 2.05 bits per heavy atom. The van der Waals surface area contributed by atoms with E-state index in [1.165, 1.54) is 11.3 Å². The third-order valence-electron chi connectivity index (χ3n) is 3.01. The molecule has 106 valence electrons. The number of nitriles is 1. The molecular weight excluding hydrogens is 422 g/mol. The first-order valence-electron chi connectivity index (χ1n) is 5.88. The SMILES string of the molecule is N#CC(C(=O)c1cc(Br)c(Br)s1)c1ccc2c(c1)OCO2. The molecule has 0 saturated heterocycles. The van der Waals surface area contributed by atoms with E-state index in [0.29, 0.717) is 21.9 Å². The van der Waals surface area contributed by atoms with E-state index in [4.69, 9.17) is 9.47 Å². The normalized spacial score (nSPS) is 13.8. The number of Topliss-reactive ketones (excluding diaryl/α,β-unsaturated/α-hetero) is 1. The van der Waals surface area contributed by atoms with Crippen LogP contribution in [-0.2, 0) is 0 Å². The monoisotopic (exact) mass is 427 g/mol. The summed E-state index contributed by atoms with van der Waals surface area (Å²) in [7, 11) is 0. The second-order valence-electron chi connectivity index (χ2n) is 4.27. The van der Waals surface area contributed by atoms with Crippen LogP contribution in [0.1, 0.15) is 21.2 Å². The van der Waals surface area contributed by atoms with Crippen molar-refractivity contribution in [3.05, 3.63) is 43.0 Å². The number of hydrogen-bond donors (Lipinski definition) is 0. The zero-order valence-corrected chi connectivity index (χ0v) is 14.4. The summed E-state index contributed by atoms with van der Waals surface area (Å²) in [6, 6.07) is 8.91. The van der Waals surface area contributed by atoms with E-state index in [0.717, 1.165) is 8.26 Å². The molecule has 0 aliphatic carbocycles. The van der Waals surface area contributed by atoms with Crippen LogP contribution < -0.4 is 9.47 Å². The van der Waals surface area contributed by atoms with Crippen molar-refractivity contribution in [2.24, 2.45) is 0 Å². The molecule has 1 unspecified atom stereocenters. The molecule has 1 aliphatic rings. The van der Waals surface area contributed by atoms with E-state index >= 15 is 0 Å². The van der Waals surface area contributed by atoms with Crippen LogP contribution >= 0.6 is 43.2 Å². The molecule has 0 amide bonds. The molecule has 1 atom stereocenters. The zero-order chi connectivity index (χ0) is 15.0. The lowest BCUT2D eigenvalue weighted by Gasteiger charge is -2.08. The third kappa shape index (κ3) is 2.71. The fourth-order valence-corrected chi connectivity index (χ4v) is 3.99. The third-order valence-corrected chi connectivity index (χ3v) is 6.28. The Hall–Kier alpha value is -1.36. The number of ether oxygens (including phenoxy) is 2. The van der Waals surface area contributed by atoms with Gasteiger partial charge in [0.05, 0.1) is 14.7 Å². The van der Waals surface area contributed by atoms with Crippen molar-refractivity contribution in [2.75, 3.05) is 6.79 Å². The van der Waals surface area contributed by atoms with Gasteiger partial charge in [0.25, 0.3) is 0 Å². The van der Waals surface area contributed by atoms with Gasteiger partial charge in [0, 0.05) is 4.47 Å². The lowest BCUT2D eigenvalue weighted by Crippen LogP contribution is -2.09. The van der Waals surface area contributed by atoms with Crippen LogP contribution in [0.25, 0.3) is 0 Å². The van der Waals surface area contributed by atoms with Crippen LogP contribution in [0.4, 0.5) is 0 Å². The highest BCUT2D eigenvalue weighted by Gasteiger charge is 2.26. The lowest BCUT2D eigenvalue weighted by atomic mass is 9.95. The highest BCUT2D eigenvalue weighted by Crippen LogP contribution is 2.38. The van der Waals surface area contributed by atoms with Crippen LogP contribution in [0.2, 0.25) is 0 Å². The van der Waals surface area contributed by atoms with Gasteiger partial charge in [-0.1, -0.05) is 6.07 Å². The van der Waals surface area contributed by atoms with E-state index in [1.54, 1.807) is 24.3 Å². The Morgan fingerprint density at radius 3 is 2.71 bits per heavy atom. The van der Waals surface area contributed by atoms with Crippen molar-refractivity contribution in [1.82, 2.24) is 0 Å². The maximum Gasteiger partial charge on any atom is 0.231 e. The molecule has 3 rings (SSSR count). The van der Waals surface area contributed by atoms with E-state index in [2.05, 4.69) is 37.9 Å². The predicted octanol–water partition coefficient (Wildman–Crippen LogP) is 4.49. The molecule has 4 nitrogen and oxygen atoms in total. The van der Waals surface area contributed by atoms with Crippen LogP contribution in [0.5, 0.6) is 11.5 Å². The maximum atomic E-state index is 12.5. The number of thiophene rings is 1. The lowest BCUT2D eigenvalue weighted by molar-refractivity contribution is 0.0982. The molecule has 7 heteroatoms. The highest BCUT2D eigenvalue weighted by atomic mass is 79.9. The van der Waals surface area contributed by atoms with Gasteiger partial charge in [0.15, 0.2) is 17.3 Å². The van der Waals surface area contributed by atoms with Crippen molar-refractivity contribution >= 4 is 49.0 Å². The van der Waals surface area contributed by atoms with E-state index < -0.39 is 5.92 Å².